The number of anilines is 2. The Morgan fingerprint density at radius 1 is 1.10 bits per heavy atom. The van der Waals surface area contributed by atoms with Crippen molar-refractivity contribution in [2.75, 3.05) is 17.6 Å². The molecule has 1 fully saturated rings. The number of nitrogen functional groups attached to an aromatic ring is 1. The van der Waals surface area contributed by atoms with Crippen molar-refractivity contribution in [2.45, 2.75) is 12.5 Å². The summed E-state index contributed by atoms with van der Waals surface area (Å²) in [5, 5.41) is 7.75. The van der Waals surface area contributed by atoms with Crippen LogP contribution in [0.5, 0.6) is 0 Å². The number of hydrogen-bond donors (Lipinski definition) is 7. The zero-order valence-corrected chi connectivity index (χ0v) is 15.1. The van der Waals surface area contributed by atoms with Crippen LogP contribution >= 0.6 is 0 Å². The first-order chi connectivity index (χ1) is 13.8. The average molecular weight is 401 g/mol. The summed E-state index contributed by atoms with van der Waals surface area (Å²) in [6.45, 7) is 0.274. The summed E-state index contributed by atoms with van der Waals surface area (Å²) in [6.07, 6.45) is 0.598. The topological polar surface area (TPSA) is 205 Å². The first kappa shape index (κ1) is 19.7. The van der Waals surface area contributed by atoms with E-state index in [1.54, 1.807) is 24.3 Å². The third-order valence-corrected chi connectivity index (χ3v) is 4.40. The van der Waals surface area contributed by atoms with Gasteiger partial charge in [0, 0.05) is 12.6 Å². The van der Waals surface area contributed by atoms with Crippen LogP contribution in [-0.2, 0) is 0 Å². The zero-order valence-electron chi connectivity index (χ0n) is 15.1. The van der Waals surface area contributed by atoms with Crippen LogP contribution in [0.25, 0.3) is 0 Å². The fourth-order valence-electron chi connectivity index (χ4n) is 2.81. The Hall–Kier alpha value is -4.09. The molecule has 2 aromatic rings. The quantitative estimate of drug-likeness (QED) is 0.312. The van der Waals surface area contributed by atoms with E-state index in [9.17, 15) is 24.0 Å². The van der Waals surface area contributed by atoms with E-state index in [1.165, 1.54) is 0 Å². The predicted octanol–water partition coefficient (Wildman–Crippen LogP) is -1.32. The maximum Gasteiger partial charge on any atom is 0.326 e. The number of nitrogens with one attached hydrogen (secondary N) is 5. The molecule has 1 aromatic carbocycles. The number of urea groups is 1. The van der Waals surface area contributed by atoms with E-state index in [4.69, 9.17) is 11.5 Å². The molecule has 1 aromatic heterocycles. The summed E-state index contributed by atoms with van der Waals surface area (Å²) in [5.41, 5.74) is 8.78. The predicted molar refractivity (Wildman–Crippen MR) is 103 cm³/mol. The molecule has 1 aliphatic carbocycles. The van der Waals surface area contributed by atoms with Crippen LogP contribution in [0.15, 0.2) is 33.9 Å². The second-order valence-electron chi connectivity index (χ2n) is 6.52. The molecule has 152 valence electrons. The summed E-state index contributed by atoms with van der Waals surface area (Å²) in [5.74, 6) is -1.12. The normalized spacial score (nSPS) is 17.2. The smallest absolute Gasteiger partial charge is 0.326 e. The lowest BCUT2D eigenvalue weighted by Crippen LogP contribution is -2.36. The molecule has 3 rings (SSSR count). The molecule has 0 bridgehead atoms. The van der Waals surface area contributed by atoms with E-state index in [0.29, 0.717) is 6.42 Å². The number of aromatic amines is 2. The van der Waals surface area contributed by atoms with E-state index in [2.05, 4.69) is 20.9 Å². The van der Waals surface area contributed by atoms with Crippen molar-refractivity contribution in [3.05, 3.63) is 56.4 Å². The molecule has 2 atom stereocenters. The van der Waals surface area contributed by atoms with Crippen molar-refractivity contribution in [1.29, 1.82) is 0 Å². The van der Waals surface area contributed by atoms with Crippen molar-refractivity contribution in [1.82, 2.24) is 20.6 Å². The summed E-state index contributed by atoms with van der Waals surface area (Å²) < 4.78 is 0. The van der Waals surface area contributed by atoms with Crippen molar-refractivity contribution in [3.8, 4) is 0 Å². The van der Waals surface area contributed by atoms with Gasteiger partial charge in [0.05, 0.1) is 11.3 Å². The Balaban J connectivity index is 1.56. The Morgan fingerprint density at radius 3 is 2.55 bits per heavy atom. The Labute approximate surface area is 163 Å². The van der Waals surface area contributed by atoms with Crippen molar-refractivity contribution in [3.63, 3.8) is 0 Å². The third-order valence-electron chi connectivity index (χ3n) is 4.40. The molecule has 1 saturated carbocycles. The van der Waals surface area contributed by atoms with Crippen LogP contribution in [0, 0.1) is 5.92 Å². The van der Waals surface area contributed by atoms with Crippen molar-refractivity contribution in [2.24, 2.45) is 11.7 Å². The molecule has 0 radical (unpaired) electrons. The summed E-state index contributed by atoms with van der Waals surface area (Å²) >= 11 is 0. The number of aromatic nitrogens is 2. The first-order valence-corrected chi connectivity index (χ1v) is 8.63. The molecule has 12 nitrogen and oxygen atoms in total. The van der Waals surface area contributed by atoms with Crippen molar-refractivity contribution >= 4 is 29.2 Å². The number of rotatable bonds is 6. The number of carbonyl (C=O) groups is 3. The van der Waals surface area contributed by atoms with Gasteiger partial charge in [-0.15, -0.1) is 0 Å². The maximum absolute atomic E-state index is 12.4. The molecule has 4 amide bonds. The lowest BCUT2D eigenvalue weighted by Gasteiger charge is -2.10. The van der Waals surface area contributed by atoms with E-state index >= 15 is 0 Å². The van der Waals surface area contributed by atoms with Crippen LogP contribution in [-0.4, -0.2) is 40.4 Å². The van der Waals surface area contributed by atoms with Gasteiger partial charge in [-0.2, -0.15) is 0 Å². The summed E-state index contributed by atoms with van der Waals surface area (Å²) in [7, 11) is 0. The minimum atomic E-state index is -0.846. The van der Waals surface area contributed by atoms with E-state index < -0.39 is 29.1 Å². The van der Waals surface area contributed by atoms with E-state index in [-0.39, 0.29) is 41.1 Å². The molecule has 29 heavy (non-hydrogen) atoms. The standard InChI is InChI=1S/C17H19N7O5/c18-11-12(23-17(29)24-14(11)26)15(27)21-10-5-7(10)6-20-13(25)8-3-1-2-4-9(8)22-16(19)28/h1-4,7,10H,5-6,18H2,(H,20,25)(H,21,27)(H3,19,22,28)(H2,23,24,26,29)/t7-,10-/m0/s1. The van der Waals surface area contributed by atoms with Gasteiger partial charge in [0.1, 0.15) is 11.4 Å². The zero-order chi connectivity index (χ0) is 21.1. The van der Waals surface area contributed by atoms with Gasteiger partial charge in [0.15, 0.2) is 0 Å². The lowest BCUT2D eigenvalue weighted by atomic mass is 10.1. The van der Waals surface area contributed by atoms with E-state index in [1.807, 2.05) is 4.98 Å². The number of primary amides is 1. The van der Waals surface area contributed by atoms with Gasteiger partial charge in [-0.1, -0.05) is 12.1 Å². The van der Waals surface area contributed by atoms with Crippen LogP contribution in [0.3, 0.4) is 0 Å². The van der Waals surface area contributed by atoms with Gasteiger partial charge in [0.2, 0.25) is 0 Å². The van der Waals surface area contributed by atoms with Gasteiger partial charge >= 0.3 is 11.7 Å². The fourth-order valence-corrected chi connectivity index (χ4v) is 2.81. The number of carbonyl (C=O) groups excluding carboxylic acids is 3. The third kappa shape index (κ3) is 4.61. The van der Waals surface area contributed by atoms with Crippen LogP contribution in [0.1, 0.15) is 27.3 Å². The minimum absolute atomic E-state index is 0.0332. The van der Waals surface area contributed by atoms with Gasteiger partial charge in [-0.3, -0.25) is 19.4 Å². The molecule has 0 saturated heterocycles. The highest BCUT2D eigenvalue weighted by Crippen LogP contribution is 2.30. The van der Waals surface area contributed by atoms with Gasteiger partial charge < -0.3 is 32.4 Å². The highest BCUT2D eigenvalue weighted by atomic mass is 16.2. The Kier molecular flexibility index (Phi) is 5.34. The molecular formula is C17H19N7O5. The number of benzene rings is 1. The molecule has 0 spiro atoms. The van der Waals surface area contributed by atoms with Crippen LogP contribution in [0.2, 0.25) is 0 Å². The summed E-state index contributed by atoms with van der Waals surface area (Å²) in [4.78, 5) is 62.5. The van der Waals surface area contributed by atoms with Crippen molar-refractivity contribution < 1.29 is 14.4 Å². The number of nitrogens with two attached hydrogens (primary N) is 2. The maximum atomic E-state index is 12.4. The fraction of sp³-hybridized carbons (Fsp3) is 0.235. The average Bonchev–Trinajstić information content (AvgIpc) is 3.40. The van der Waals surface area contributed by atoms with Gasteiger partial charge in [-0.25, -0.2) is 9.59 Å². The highest BCUT2D eigenvalue weighted by Gasteiger charge is 2.39. The molecule has 12 heteroatoms. The molecule has 0 aliphatic heterocycles. The van der Waals surface area contributed by atoms with Gasteiger partial charge in [0.25, 0.3) is 17.4 Å². The molecular weight excluding hydrogens is 382 g/mol. The minimum Gasteiger partial charge on any atom is -0.392 e. The molecule has 1 heterocycles. The Bertz CT molecular complexity index is 1090. The van der Waals surface area contributed by atoms with Crippen LogP contribution < -0.4 is 38.7 Å². The molecule has 9 N–H and O–H groups in total. The largest absolute Gasteiger partial charge is 0.392 e. The number of amides is 4. The highest BCUT2D eigenvalue weighted by molar-refractivity contribution is 6.03. The Morgan fingerprint density at radius 2 is 1.83 bits per heavy atom. The lowest BCUT2D eigenvalue weighted by molar-refractivity contribution is 0.0944. The monoisotopic (exact) mass is 401 g/mol. The van der Waals surface area contributed by atoms with Crippen LogP contribution in [0.4, 0.5) is 16.2 Å². The SMILES string of the molecule is NC(=O)Nc1ccccc1C(=O)NC[C@@H]1C[C@@H]1NC(=O)c1[nH]c(=O)[nH]c(=O)c1N. The second-order valence-corrected chi connectivity index (χ2v) is 6.52. The number of H-pyrrole nitrogens is 2. The summed E-state index contributed by atoms with van der Waals surface area (Å²) in [6, 6.07) is 5.36. The second kappa shape index (κ2) is 7.88. The number of para-hydroxylation sites is 1. The molecule has 0 unspecified atom stereocenters. The van der Waals surface area contributed by atoms with Gasteiger partial charge in [-0.05, 0) is 24.5 Å². The number of hydrogen-bond acceptors (Lipinski definition) is 6. The first-order valence-electron chi connectivity index (χ1n) is 8.63. The van der Waals surface area contributed by atoms with E-state index in [0.717, 1.165) is 0 Å². The molecule has 1 aliphatic rings.